The summed E-state index contributed by atoms with van der Waals surface area (Å²) in [6.45, 7) is 4.50. The van der Waals surface area contributed by atoms with Gasteiger partial charge in [-0.15, -0.1) is 0 Å². The third-order valence-electron chi connectivity index (χ3n) is 6.44. The summed E-state index contributed by atoms with van der Waals surface area (Å²) in [5.74, 6) is 0.499. The quantitative estimate of drug-likeness (QED) is 0.159. The van der Waals surface area contributed by atoms with Crippen LogP contribution < -0.4 is 0 Å². The average Bonchev–Trinajstić information content (AvgIpc) is 2.74. The second kappa shape index (κ2) is 17.7. The Morgan fingerprint density at radius 3 is 1.55 bits per heavy atom. The van der Waals surface area contributed by atoms with Crippen molar-refractivity contribution in [2.24, 2.45) is 5.92 Å². The van der Waals surface area contributed by atoms with Gasteiger partial charge in [0.1, 0.15) is 0 Å². The molecular weight excluding hydrogens is 404 g/mol. The highest BCUT2D eigenvalue weighted by atomic mass is 32.2. The molecule has 0 bridgehead atoms. The monoisotopic (exact) mass is 452 g/mol. The molecule has 3 nitrogen and oxygen atoms in total. The summed E-state index contributed by atoms with van der Waals surface area (Å²) >= 11 is 0. The normalized spacial score (nSPS) is 12.9. The fourth-order valence-electron chi connectivity index (χ4n) is 4.54. The molecule has 180 valence electrons. The highest BCUT2D eigenvalue weighted by Crippen LogP contribution is 2.26. The minimum Gasteiger partial charge on any atom is -0.282 e. The number of benzene rings is 1. The Hall–Kier alpha value is -0.870. The molecule has 31 heavy (non-hydrogen) atoms. The van der Waals surface area contributed by atoms with Crippen molar-refractivity contribution in [3.8, 4) is 0 Å². The SMILES string of the molecule is CCCCCCCCCCCC(CCCCCCCC)Cc1ccccc1S(=O)(=O)O. The van der Waals surface area contributed by atoms with E-state index in [4.69, 9.17) is 0 Å². The molecule has 0 aliphatic rings. The highest BCUT2D eigenvalue weighted by Gasteiger charge is 2.18. The molecule has 1 rings (SSSR count). The number of hydrogen-bond acceptors (Lipinski definition) is 2. The van der Waals surface area contributed by atoms with Gasteiger partial charge in [-0.2, -0.15) is 8.42 Å². The first-order valence-corrected chi connectivity index (χ1v) is 14.5. The second-order valence-corrected chi connectivity index (χ2v) is 10.7. The molecule has 0 heterocycles. The number of unbranched alkanes of at least 4 members (excludes halogenated alkanes) is 13. The molecule has 1 aromatic carbocycles. The number of rotatable bonds is 20. The minimum atomic E-state index is -4.16. The maximum absolute atomic E-state index is 11.8. The summed E-state index contributed by atoms with van der Waals surface area (Å²) in [6.07, 6.45) is 22.7. The van der Waals surface area contributed by atoms with Crippen LogP contribution in [0.15, 0.2) is 29.2 Å². The molecule has 1 unspecified atom stereocenters. The Morgan fingerprint density at radius 1 is 0.677 bits per heavy atom. The molecule has 0 saturated carbocycles. The van der Waals surface area contributed by atoms with Crippen molar-refractivity contribution >= 4 is 10.1 Å². The van der Waals surface area contributed by atoms with Crippen LogP contribution in [0.3, 0.4) is 0 Å². The van der Waals surface area contributed by atoms with Crippen molar-refractivity contribution in [1.82, 2.24) is 0 Å². The van der Waals surface area contributed by atoms with E-state index in [9.17, 15) is 13.0 Å². The molecule has 0 aliphatic heterocycles. The van der Waals surface area contributed by atoms with Gasteiger partial charge < -0.3 is 0 Å². The average molecular weight is 453 g/mol. The molecule has 0 amide bonds. The van der Waals surface area contributed by atoms with Crippen LogP contribution in [0, 0.1) is 5.92 Å². The zero-order chi connectivity index (χ0) is 22.8. The van der Waals surface area contributed by atoms with Crippen LogP contribution in [-0.2, 0) is 16.5 Å². The zero-order valence-electron chi connectivity index (χ0n) is 20.3. The molecule has 1 N–H and O–H groups in total. The molecule has 0 aliphatic carbocycles. The smallest absolute Gasteiger partial charge is 0.282 e. The molecule has 0 aromatic heterocycles. The van der Waals surface area contributed by atoms with E-state index in [2.05, 4.69) is 13.8 Å². The van der Waals surface area contributed by atoms with Crippen molar-refractivity contribution in [1.29, 1.82) is 0 Å². The summed E-state index contributed by atoms with van der Waals surface area (Å²) in [5.41, 5.74) is 0.775. The molecule has 0 spiro atoms. The first-order chi connectivity index (χ1) is 15.0. The van der Waals surface area contributed by atoms with Crippen LogP contribution in [0.5, 0.6) is 0 Å². The van der Waals surface area contributed by atoms with E-state index in [0.29, 0.717) is 5.92 Å². The van der Waals surface area contributed by atoms with Gasteiger partial charge in [-0.1, -0.05) is 141 Å². The predicted octanol–water partition coefficient (Wildman–Crippen LogP) is 8.76. The van der Waals surface area contributed by atoms with E-state index < -0.39 is 10.1 Å². The lowest BCUT2D eigenvalue weighted by molar-refractivity contribution is 0.397. The summed E-state index contributed by atoms with van der Waals surface area (Å²) < 4.78 is 33.2. The highest BCUT2D eigenvalue weighted by molar-refractivity contribution is 7.85. The van der Waals surface area contributed by atoms with Crippen molar-refractivity contribution in [2.75, 3.05) is 0 Å². The van der Waals surface area contributed by atoms with Gasteiger partial charge in [-0.3, -0.25) is 4.55 Å². The molecule has 4 heteroatoms. The van der Waals surface area contributed by atoms with Crippen molar-refractivity contribution < 1.29 is 13.0 Å². The van der Waals surface area contributed by atoms with Gasteiger partial charge in [-0.25, -0.2) is 0 Å². The van der Waals surface area contributed by atoms with Gasteiger partial charge in [0.25, 0.3) is 10.1 Å². The largest absolute Gasteiger partial charge is 0.294 e. The van der Waals surface area contributed by atoms with E-state index in [1.54, 1.807) is 6.07 Å². The van der Waals surface area contributed by atoms with Crippen LogP contribution in [0.2, 0.25) is 0 Å². The fourth-order valence-corrected chi connectivity index (χ4v) is 5.27. The van der Waals surface area contributed by atoms with Crippen LogP contribution in [0.4, 0.5) is 0 Å². The lowest BCUT2D eigenvalue weighted by Crippen LogP contribution is -2.10. The first-order valence-electron chi connectivity index (χ1n) is 13.0. The van der Waals surface area contributed by atoms with Crippen LogP contribution in [-0.4, -0.2) is 13.0 Å². The van der Waals surface area contributed by atoms with Crippen LogP contribution in [0.1, 0.15) is 129 Å². The predicted molar refractivity (Wildman–Crippen MR) is 133 cm³/mol. The summed E-state index contributed by atoms with van der Waals surface area (Å²) in [4.78, 5) is 0.0926. The van der Waals surface area contributed by atoms with E-state index >= 15 is 0 Å². The first kappa shape index (κ1) is 28.2. The Labute approximate surface area is 193 Å². The molecule has 0 saturated heterocycles. The fraction of sp³-hybridized carbons (Fsp3) is 0.778. The van der Waals surface area contributed by atoms with E-state index in [1.807, 2.05) is 12.1 Å². The molecule has 0 fully saturated rings. The summed E-state index contributed by atoms with van der Waals surface area (Å²) in [6, 6.07) is 6.97. The van der Waals surface area contributed by atoms with Gasteiger partial charge in [0.2, 0.25) is 0 Å². The molecule has 1 aromatic rings. The maximum atomic E-state index is 11.8. The Morgan fingerprint density at radius 2 is 1.10 bits per heavy atom. The van der Waals surface area contributed by atoms with Crippen molar-refractivity contribution in [3.63, 3.8) is 0 Å². The van der Waals surface area contributed by atoms with Gasteiger partial charge in [0.15, 0.2) is 0 Å². The summed E-state index contributed by atoms with van der Waals surface area (Å²) in [7, 11) is -4.16. The van der Waals surface area contributed by atoms with Crippen molar-refractivity contribution in [3.05, 3.63) is 29.8 Å². The Bertz CT molecular complexity index is 654. The zero-order valence-corrected chi connectivity index (χ0v) is 21.1. The Balaban J connectivity index is 2.49. The molecular formula is C27H48O3S. The standard InChI is InChI=1S/C27H48O3S/c1-3-5-7-9-11-12-13-15-17-21-25(20-16-14-10-8-6-4-2)24-26-22-18-19-23-27(26)31(28,29)30/h18-19,22-23,25H,3-17,20-21,24H2,1-2H3,(H,28,29,30). The Kier molecular flexibility index (Phi) is 16.0. The lowest BCUT2D eigenvalue weighted by Gasteiger charge is -2.18. The maximum Gasteiger partial charge on any atom is 0.294 e. The van der Waals surface area contributed by atoms with Crippen molar-refractivity contribution in [2.45, 2.75) is 134 Å². The third-order valence-corrected chi connectivity index (χ3v) is 7.40. The van der Waals surface area contributed by atoms with Gasteiger partial charge >= 0.3 is 0 Å². The van der Waals surface area contributed by atoms with Gasteiger partial charge in [-0.05, 0) is 24.0 Å². The minimum absolute atomic E-state index is 0.0926. The summed E-state index contributed by atoms with van der Waals surface area (Å²) in [5, 5.41) is 0. The number of hydrogen-bond donors (Lipinski definition) is 1. The van der Waals surface area contributed by atoms with E-state index in [0.717, 1.165) is 24.8 Å². The van der Waals surface area contributed by atoms with Crippen LogP contribution in [0.25, 0.3) is 0 Å². The van der Waals surface area contributed by atoms with Gasteiger partial charge in [0.05, 0.1) is 4.90 Å². The second-order valence-electron chi connectivity index (χ2n) is 9.33. The third kappa shape index (κ3) is 14.0. The molecule has 1 atom stereocenters. The molecule has 0 radical (unpaired) electrons. The van der Waals surface area contributed by atoms with E-state index in [1.165, 1.54) is 102 Å². The van der Waals surface area contributed by atoms with Gasteiger partial charge in [0, 0.05) is 0 Å². The van der Waals surface area contributed by atoms with Crippen LogP contribution >= 0.6 is 0 Å². The van der Waals surface area contributed by atoms with E-state index in [-0.39, 0.29) is 4.90 Å². The lowest BCUT2D eigenvalue weighted by atomic mass is 9.88. The topological polar surface area (TPSA) is 54.4 Å².